The highest BCUT2D eigenvalue weighted by atomic mass is 16.5. The molecule has 0 aliphatic carbocycles. The van der Waals surface area contributed by atoms with E-state index in [1.807, 2.05) is 43.3 Å². The highest BCUT2D eigenvalue weighted by Gasteiger charge is 1.99. The molecule has 2 rings (SSSR count). The fourth-order valence-electron chi connectivity index (χ4n) is 1.66. The number of hydrogen-bond donors (Lipinski definition) is 1. The van der Waals surface area contributed by atoms with Gasteiger partial charge in [0.2, 0.25) is 5.91 Å². The van der Waals surface area contributed by atoms with Gasteiger partial charge < -0.3 is 10.1 Å². The SMILES string of the molecule is COc1ccc(/C=C/C(=O)Nc2cc(C)ccn2)cc1. The van der Waals surface area contributed by atoms with Gasteiger partial charge in [0.25, 0.3) is 0 Å². The van der Waals surface area contributed by atoms with Crippen molar-refractivity contribution in [2.24, 2.45) is 0 Å². The van der Waals surface area contributed by atoms with E-state index in [2.05, 4.69) is 10.3 Å². The van der Waals surface area contributed by atoms with Crippen LogP contribution in [0.3, 0.4) is 0 Å². The second-order valence-electron chi connectivity index (χ2n) is 4.31. The number of nitrogens with zero attached hydrogens (tertiary/aromatic N) is 1. The second kappa shape index (κ2) is 6.52. The molecule has 1 N–H and O–H groups in total. The summed E-state index contributed by atoms with van der Waals surface area (Å²) in [6.45, 7) is 1.95. The Morgan fingerprint density at radius 2 is 2.00 bits per heavy atom. The molecule has 0 saturated carbocycles. The molecule has 1 heterocycles. The van der Waals surface area contributed by atoms with Gasteiger partial charge in [-0.2, -0.15) is 0 Å². The van der Waals surface area contributed by atoms with E-state index < -0.39 is 0 Å². The van der Waals surface area contributed by atoms with E-state index >= 15 is 0 Å². The highest BCUT2D eigenvalue weighted by Crippen LogP contribution is 2.12. The van der Waals surface area contributed by atoms with Crippen LogP contribution in [0.1, 0.15) is 11.1 Å². The number of amides is 1. The predicted molar refractivity (Wildman–Crippen MR) is 79.6 cm³/mol. The van der Waals surface area contributed by atoms with Gasteiger partial charge in [0.05, 0.1) is 7.11 Å². The lowest BCUT2D eigenvalue weighted by molar-refractivity contribution is -0.111. The maximum Gasteiger partial charge on any atom is 0.249 e. The molecule has 0 radical (unpaired) electrons. The van der Waals surface area contributed by atoms with Crippen LogP contribution in [0, 0.1) is 6.92 Å². The lowest BCUT2D eigenvalue weighted by atomic mass is 10.2. The summed E-state index contributed by atoms with van der Waals surface area (Å²) < 4.78 is 5.07. The monoisotopic (exact) mass is 268 g/mol. The Kier molecular flexibility index (Phi) is 4.50. The summed E-state index contributed by atoms with van der Waals surface area (Å²) in [6, 6.07) is 11.2. The van der Waals surface area contributed by atoms with Crippen LogP contribution < -0.4 is 10.1 Å². The van der Waals surface area contributed by atoms with Gasteiger partial charge >= 0.3 is 0 Å². The fourth-order valence-corrected chi connectivity index (χ4v) is 1.66. The van der Waals surface area contributed by atoms with Crippen LogP contribution >= 0.6 is 0 Å². The fraction of sp³-hybridized carbons (Fsp3) is 0.125. The number of methoxy groups -OCH3 is 1. The topological polar surface area (TPSA) is 51.2 Å². The first-order chi connectivity index (χ1) is 9.67. The molecule has 20 heavy (non-hydrogen) atoms. The third-order valence-corrected chi connectivity index (χ3v) is 2.71. The molecule has 0 unspecified atom stereocenters. The van der Waals surface area contributed by atoms with Gasteiger partial charge in [-0.1, -0.05) is 12.1 Å². The molecule has 4 heteroatoms. The number of rotatable bonds is 4. The Balaban J connectivity index is 1.98. The van der Waals surface area contributed by atoms with Crippen molar-refractivity contribution in [1.29, 1.82) is 0 Å². The summed E-state index contributed by atoms with van der Waals surface area (Å²) in [5.74, 6) is 1.13. The number of ether oxygens (including phenoxy) is 1. The van der Waals surface area contributed by atoms with Crippen LogP contribution in [-0.2, 0) is 4.79 Å². The Morgan fingerprint density at radius 3 is 2.65 bits per heavy atom. The molecule has 4 nitrogen and oxygen atoms in total. The Bertz CT molecular complexity index is 619. The molecule has 1 aromatic carbocycles. The largest absolute Gasteiger partial charge is 0.497 e. The molecule has 0 aliphatic rings. The van der Waals surface area contributed by atoms with Crippen molar-refractivity contribution in [2.45, 2.75) is 6.92 Å². The molecule has 1 amide bonds. The van der Waals surface area contributed by atoms with Crippen LogP contribution in [0.25, 0.3) is 6.08 Å². The Labute approximate surface area is 118 Å². The molecule has 0 spiro atoms. The molecular formula is C16H16N2O2. The first kappa shape index (κ1) is 13.8. The average molecular weight is 268 g/mol. The van der Waals surface area contributed by atoms with Crippen LogP contribution in [0.15, 0.2) is 48.7 Å². The van der Waals surface area contributed by atoms with E-state index in [1.165, 1.54) is 6.08 Å². The van der Waals surface area contributed by atoms with Gasteiger partial charge in [-0.25, -0.2) is 4.98 Å². The van der Waals surface area contributed by atoms with Crippen molar-refractivity contribution in [2.75, 3.05) is 12.4 Å². The number of anilines is 1. The van der Waals surface area contributed by atoms with Crippen LogP contribution in [0.4, 0.5) is 5.82 Å². The summed E-state index contributed by atoms with van der Waals surface area (Å²) >= 11 is 0. The number of benzene rings is 1. The minimum Gasteiger partial charge on any atom is -0.497 e. The third kappa shape index (κ3) is 3.95. The van der Waals surface area contributed by atoms with E-state index in [0.29, 0.717) is 5.82 Å². The summed E-state index contributed by atoms with van der Waals surface area (Å²) in [6.07, 6.45) is 4.88. The number of aromatic nitrogens is 1. The molecule has 0 fully saturated rings. The average Bonchev–Trinajstić information content (AvgIpc) is 2.46. The van der Waals surface area contributed by atoms with Crippen LogP contribution in [-0.4, -0.2) is 18.0 Å². The number of hydrogen-bond acceptors (Lipinski definition) is 3. The molecule has 2 aromatic rings. The maximum atomic E-state index is 11.8. The lowest BCUT2D eigenvalue weighted by Gasteiger charge is -2.02. The Morgan fingerprint density at radius 1 is 1.25 bits per heavy atom. The van der Waals surface area contributed by atoms with E-state index in [4.69, 9.17) is 4.74 Å². The standard InChI is InChI=1S/C16H16N2O2/c1-12-9-10-17-15(11-12)18-16(19)8-5-13-3-6-14(20-2)7-4-13/h3-11H,1-2H3,(H,17,18,19)/b8-5+. The summed E-state index contributed by atoms with van der Waals surface area (Å²) in [5.41, 5.74) is 1.98. The quantitative estimate of drug-likeness (QED) is 0.867. The van der Waals surface area contributed by atoms with Gasteiger partial charge in [-0.3, -0.25) is 4.79 Å². The highest BCUT2D eigenvalue weighted by molar-refractivity contribution is 6.01. The smallest absolute Gasteiger partial charge is 0.249 e. The van der Waals surface area contributed by atoms with Gasteiger partial charge in [-0.15, -0.1) is 0 Å². The summed E-state index contributed by atoms with van der Waals surface area (Å²) in [5, 5.41) is 2.71. The van der Waals surface area contributed by atoms with Gasteiger partial charge in [0.15, 0.2) is 0 Å². The van der Waals surface area contributed by atoms with Crippen molar-refractivity contribution in [1.82, 2.24) is 4.98 Å². The van der Waals surface area contributed by atoms with Gasteiger partial charge in [-0.05, 0) is 48.4 Å². The molecular weight excluding hydrogens is 252 g/mol. The number of pyridine rings is 1. The van der Waals surface area contributed by atoms with Gasteiger partial charge in [0, 0.05) is 12.3 Å². The van der Waals surface area contributed by atoms with E-state index in [-0.39, 0.29) is 5.91 Å². The van der Waals surface area contributed by atoms with E-state index in [1.54, 1.807) is 19.4 Å². The summed E-state index contributed by atoms with van der Waals surface area (Å²) in [4.78, 5) is 15.8. The number of nitrogens with one attached hydrogen (secondary N) is 1. The predicted octanol–water partition coefficient (Wildman–Crippen LogP) is 3.05. The molecule has 0 aliphatic heterocycles. The zero-order valence-electron chi connectivity index (χ0n) is 11.5. The van der Waals surface area contributed by atoms with Crippen molar-refractivity contribution < 1.29 is 9.53 Å². The van der Waals surface area contributed by atoms with Gasteiger partial charge in [0.1, 0.15) is 11.6 Å². The second-order valence-corrected chi connectivity index (χ2v) is 4.31. The van der Waals surface area contributed by atoms with E-state index in [9.17, 15) is 4.79 Å². The first-order valence-electron chi connectivity index (χ1n) is 6.23. The molecule has 0 saturated heterocycles. The van der Waals surface area contributed by atoms with Crippen molar-refractivity contribution >= 4 is 17.8 Å². The molecule has 1 aromatic heterocycles. The number of carbonyl (C=O) groups excluding carboxylic acids is 1. The number of carbonyl (C=O) groups is 1. The zero-order chi connectivity index (χ0) is 14.4. The molecule has 102 valence electrons. The lowest BCUT2D eigenvalue weighted by Crippen LogP contribution is -2.09. The maximum absolute atomic E-state index is 11.8. The van der Waals surface area contributed by atoms with Crippen molar-refractivity contribution in [3.05, 3.63) is 59.8 Å². The third-order valence-electron chi connectivity index (χ3n) is 2.71. The molecule has 0 atom stereocenters. The zero-order valence-corrected chi connectivity index (χ0v) is 11.5. The Hall–Kier alpha value is -2.62. The van der Waals surface area contributed by atoms with E-state index in [0.717, 1.165) is 16.9 Å². The minimum absolute atomic E-state index is 0.209. The molecule has 0 bridgehead atoms. The minimum atomic E-state index is -0.209. The summed E-state index contributed by atoms with van der Waals surface area (Å²) in [7, 11) is 1.62. The van der Waals surface area contributed by atoms with Crippen molar-refractivity contribution in [3.63, 3.8) is 0 Å². The first-order valence-corrected chi connectivity index (χ1v) is 6.23. The van der Waals surface area contributed by atoms with Crippen LogP contribution in [0.5, 0.6) is 5.75 Å². The van der Waals surface area contributed by atoms with Crippen LogP contribution in [0.2, 0.25) is 0 Å². The number of aryl methyl sites for hydroxylation is 1. The van der Waals surface area contributed by atoms with Crippen molar-refractivity contribution in [3.8, 4) is 5.75 Å². The normalized spacial score (nSPS) is 10.5.